The standard InChI is InChI=1S/C24H26N4O2/c1-2-18-4-6-19(7-5-18)15-25-20-14-23-24(26-16-20)28(17-27-23)21-8-10-22(11-9-21)30-13-3-12-29/h4-11,14,16-17,25,29H,2-3,12-13,15H2,1H3. The zero-order valence-electron chi connectivity index (χ0n) is 17.1. The minimum atomic E-state index is 0.132. The van der Waals surface area contributed by atoms with Gasteiger partial charge >= 0.3 is 0 Å². The van der Waals surface area contributed by atoms with Crippen molar-refractivity contribution in [2.75, 3.05) is 18.5 Å². The van der Waals surface area contributed by atoms with Crippen molar-refractivity contribution in [1.29, 1.82) is 0 Å². The Labute approximate surface area is 176 Å². The molecule has 0 aliphatic heterocycles. The molecule has 0 amide bonds. The summed E-state index contributed by atoms with van der Waals surface area (Å²) < 4.78 is 7.55. The molecular weight excluding hydrogens is 376 g/mol. The number of aliphatic hydroxyl groups excluding tert-OH is 1. The van der Waals surface area contributed by atoms with Crippen molar-refractivity contribution < 1.29 is 9.84 Å². The third-order valence-electron chi connectivity index (χ3n) is 5.00. The van der Waals surface area contributed by atoms with Gasteiger partial charge in [-0.25, -0.2) is 9.97 Å². The smallest absolute Gasteiger partial charge is 0.164 e. The van der Waals surface area contributed by atoms with Crippen LogP contribution in [0.25, 0.3) is 16.9 Å². The van der Waals surface area contributed by atoms with E-state index >= 15 is 0 Å². The lowest BCUT2D eigenvalue weighted by atomic mass is 10.1. The second-order valence-electron chi connectivity index (χ2n) is 7.12. The molecule has 4 rings (SSSR count). The van der Waals surface area contributed by atoms with Gasteiger partial charge in [0, 0.05) is 25.3 Å². The summed E-state index contributed by atoms with van der Waals surface area (Å²) in [7, 11) is 0. The molecule has 0 unspecified atom stereocenters. The van der Waals surface area contributed by atoms with Crippen molar-refractivity contribution in [3.63, 3.8) is 0 Å². The summed E-state index contributed by atoms with van der Waals surface area (Å²) in [6.07, 6.45) is 5.30. The monoisotopic (exact) mass is 402 g/mol. The van der Waals surface area contributed by atoms with Gasteiger partial charge in [0.2, 0.25) is 0 Å². The number of aryl methyl sites for hydroxylation is 1. The van der Waals surface area contributed by atoms with E-state index < -0.39 is 0 Å². The average molecular weight is 402 g/mol. The van der Waals surface area contributed by atoms with Gasteiger partial charge in [-0.05, 0) is 47.9 Å². The average Bonchev–Trinajstić information content (AvgIpc) is 3.22. The van der Waals surface area contributed by atoms with E-state index in [0.717, 1.165) is 41.3 Å². The van der Waals surface area contributed by atoms with Gasteiger partial charge in [-0.1, -0.05) is 31.2 Å². The molecule has 2 aromatic heterocycles. The fourth-order valence-corrected chi connectivity index (χ4v) is 3.24. The number of ether oxygens (including phenoxy) is 1. The Balaban J connectivity index is 1.45. The quantitative estimate of drug-likeness (QED) is 0.407. The first-order valence-corrected chi connectivity index (χ1v) is 10.3. The highest BCUT2D eigenvalue weighted by Crippen LogP contribution is 2.21. The van der Waals surface area contributed by atoms with Crippen LogP contribution in [0.1, 0.15) is 24.5 Å². The Morgan fingerprint density at radius 1 is 1.00 bits per heavy atom. The summed E-state index contributed by atoms with van der Waals surface area (Å²) in [6, 6.07) is 18.5. The number of fused-ring (bicyclic) bond motifs is 1. The molecule has 0 aliphatic rings. The molecule has 0 saturated heterocycles. The number of rotatable bonds is 9. The summed E-state index contributed by atoms with van der Waals surface area (Å²) in [5.74, 6) is 0.781. The third-order valence-corrected chi connectivity index (χ3v) is 5.00. The largest absolute Gasteiger partial charge is 0.494 e. The lowest BCUT2D eigenvalue weighted by Crippen LogP contribution is -2.01. The van der Waals surface area contributed by atoms with E-state index in [4.69, 9.17) is 9.84 Å². The van der Waals surface area contributed by atoms with Crippen molar-refractivity contribution in [1.82, 2.24) is 14.5 Å². The number of nitrogens with zero attached hydrogens (tertiary/aromatic N) is 3. The Morgan fingerprint density at radius 2 is 1.77 bits per heavy atom. The van der Waals surface area contributed by atoms with Crippen LogP contribution in [0.2, 0.25) is 0 Å². The second kappa shape index (κ2) is 9.41. The van der Waals surface area contributed by atoms with Gasteiger partial charge in [0.15, 0.2) is 5.65 Å². The summed E-state index contributed by atoms with van der Waals surface area (Å²) in [5.41, 5.74) is 6.14. The number of anilines is 1. The minimum Gasteiger partial charge on any atom is -0.494 e. The maximum Gasteiger partial charge on any atom is 0.164 e. The zero-order valence-corrected chi connectivity index (χ0v) is 17.1. The number of hydrogen-bond donors (Lipinski definition) is 2. The van der Waals surface area contributed by atoms with Crippen molar-refractivity contribution in [2.24, 2.45) is 0 Å². The van der Waals surface area contributed by atoms with Gasteiger partial charge in [0.05, 0.1) is 18.5 Å². The molecular formula is C24H26N4O2. The van der Waals surface area contributed by atoms with Gasteiger partial charge in [0.25, 0.3) is 0 Å². The predicted octanol–water partition coefficient (Wildman–Crippen LogP) is 4.36. The van der Waals surface area contributed by atoms with Crippen LogP contribution in [0.4, 0.5) is 5.69 Å². The van der Waals surface area contributed by atoms with E-state index in [1.165, 1.54) is 11.1 Å². The molecule has 154 valence electrons. The number of benzene rings is 2. The highest BCUT2D eigenvalue weighted by molar-refractivity contribution is 5.76. The summed E-state index contributed by atoms with van der Waals surface area (Å²) in [4.78, 5) is 9.14. The molecule has 6 heteroatoms. The lowest BCUT2D eigenvalue weighted by molar-refractivity contribution is 0.233. The highest BCUT2D eigenvalue weighted by Gasteiger charge is 2.08. The first kappa shape index (κ1) is 19.9. The van der Waals surface area contributed by atoms with E-state index in [1.54, 1.807) is 6.33 Å². The molecule has 0 saturated carbocycles. The van der Waals surface area contributed by atoms with Crippen LogP contribution in [-0.4, -0.2) is 32.9 Å². The molecule has 4 aromatic rings. The number of imidazole rings is 1. The van der Waals surface area contributed by atoms with E-state index in [-0.39, 0.29) is 6.61 Å². The van der Waals surface area contributed by atoms with Gasteiger partial charge in [-0.15, -0.1) is 0 Å². The molecule has 6 nitrogen and oxygen atoms in total. The van der Waals surface area contributed by atoms with E-state index in [2.05, 4.69) is 46.5 Å². The van der Waals surface area contributed by atoms with Crippen LogP contribution >= 0.6 is 0 Å². The molecule has 2 N–H and O–H groups in total. The molecule has 0 atom stereocenters. The topological polar surface area (TPSA) is 72.2 Å². The van der Waals surface area contributed by atoms with Crippen molar-refractivity contribution in [3.8, 4) is 11.4 Å². The van der Waals surface area contributed by atoms with Crippen molar-refractivity contribution in [3.05, 3.63) is 78.2 Å². The van der Waals surface area contributed by atoms with Crippen LogP contribution in [0.15, 0.2) is 67.1 Å². The predicted molar refractivity (Wildman–Crippen MR) is 119 cm³/mol. The number of aromatic nitrogens is 3. The van der Waals surface area contributed by atoms with Gasteiger partial charge < -0.3 is 15.2 Å². The Kier molecular flexibility index (Phi) is 6.25. The van der Waals surface area contributed by atoms with Gasteiger partial charge in [-0.2, -0.15) is 0 Å². The van der Waals surface area contributed by atoms with Gasteiger partial charge in [0.1, 0.15) is 17.6 Å². The molecule has 0 aliphatic carbocycles. The summed E-state index contributed by atoms with van der Waals surface area (Å²) in [5, 5.41) is 12.3. The van der Waals surface area contributed by atoms with Gasteiger partial charge in [-0.3, -0.25) is 4.57 Å². The SMILES string of the molecule is CCc1ccc(CNc2cnc3c(c2)ncn3-c2ccc(OCCCO)cc2)cc1. The highest BCUT2D eigenvalue weighted by atomic mass is 16.5. The fourth-order valence-electron chi connectivity index (χ4n) is 3.24. The molecule has 0 fully saturated rings. The van der Waals surface area contributed by atoms with Crippen molar-refractivity contribution in [2.45, 2.75) is 26.3 Å². The first-order valence-electron chi connectivity index (χ1n) is 10.3. The molecule has 0 radical (unpaired) electrons. The minimum absolute atomic E-state index is 0.132. The van der Waals surface area contributed by atoms with Crippen LogP contribution in [0.3, 0.4) is 0 Å². The Hall–Kier alpha value is -3.38. The maximum absolute atomic E-state index is 8.84. The fraction of sp³-hybridized carbons (Fsp3) is 0.250. The van der Waals surface area contributed by atoms with Crippen LogP contribution in [0.5, 0.6) is 5.75 Å². The van der Waals surface area contributed by atoms with Crippen LogP contribution < -0.4 is 10.1 Å². The molecule has 2 heterocycles. The molecule has 30 heavy (non-hydrogen) atoms. The van der Waals surface area contributed by atoms with Crippen molar-refractivity contribution >= 4 is 16.9 Å². The maximum atomic E-state index is 8.84. The Morgan fingerprint density at radius 3 is 2.50 bits per heavy atom. The number of pyridine rings is 1. The number of aliphatic hydroxyl groups is 1. The van der Waals surface area contributed by atoms with E-state index in [9.17, 15) is 0 Å². The zero-order chi connectivity index (χ0) is 20.8. The second-order valence-corrected chi connectivity index (χ2v) is 7.12. The lowest BCUT2D eigenvalue weighted by Gasteiger charge is -2.09. The molecule has 0 bridgehead atoms. The van der Waals surface area contributed by atoms with Crippen LogP contribution in [0, 0.1) is 0 Å². The normalized spacial score (nSPS) is 11.0. The summed E-state index contributed by atoms with van der Waals surface area (Å²) >= 11 is 0. The molecule has 2 aromatic carbocycles. The van der Waals surface area contributed by atoms with E-state index in [1.807, 2.05) is 41.1 Å². The van der Waals surface area contributed by atoms with E-state index in [0.29, 0.717) is 13.0 Å². The number of nitrogens with one attached hydrogen (secondary N) is 1. The van der Waals surface area contributed by atoms with Crippen LogP contribution in [-0.2, 0) is 13.0 Å². The summed E-state index contributed by atoms with van der Waals surface area (Å²) in [6.45, 7) is 3.54. The third kappa shape index (κ3) is 4.60. The molecule has 0 spiro atoms. The number of hydrogen-bond acceptors (Lipinski definition) is 5. The first-order chi connectivity index (χ1) is 14.8. The Bertz CT molecular complexity index is 1090.